The summed E-state index contributed by atoms with van der Waals surface area (Å²) >= 11 is 1.51. The minimum Gasteiger partial charge on any atom is -0.497 e. The number of hydrogen-bond donors (Lipinski definition) is 0. The van der Waals surface area contributed by atoms with Gasteiger partial charge in [-0.25, -0.2) is 12.4 Å². The number of para-hydroxylation sites is 1. The molecule has 0 saturated heterocycles. The van der Waals surface area contributed by atoms with Gasteiger partial charge in [0, 0.05) is 29.0 Å². The molecule has 0 N–H and O–H groups in total. The molecule has 0 amide bonds. The summed E-state index contributed by atoms with van der Waals surface area (Å²) in [4.78, 5) is 0.194. The summed E-state index contributed by atoms with van der Waals surface area (Å²) in [6.07, 6.45) is 5.74. The van der Waals surface area contributed by atoms with Crippen molar-refractivity contribution in [3.63, 3.8) is 0 Å². The van der Waals surface area contributed by atoms with Gasteiger partial charge in [-0.2, -0.15) is 0 Å². The van der Waals surface area contributed by atoms with Gasteiger partial charge in [0.1, 0.15) is 11.5 Å². The van der Waals surface area contributed by atoms with Crippen molar-refractivity contribution in [3.05, 3.63) is 121 Å². The topological polar surface area (TPSA) is 88.2 Å². The van der Waals surface area contributed by atoms with Crippen LogP contribution in [0.4, 0.5) is 0 Å². The fourth-order valence-electron chi connectivity index (χ4n) is 4.83. The maximum absolute atomic E-state index is 13.8. The number of rotatable bonds is 10. The highest BCUT2D eigenvalue weighted by Gasteiger charge is 2.26. The average Bonchev–Trinajstić information content (AvgIpc) is 3.65. The van der Waals surface area contributed by atoms with Crippen LogP contribution >= 0.6 is 11.8 Å². The third-order valence-electron chi connectivity index (χ3n) is 6.90. The molecular weight excluding hydrogens is 581 g/mol. The first kappa shape index (κ1) is 28.3. The highest BCUT2D eigenvalue weighted by molar-refractivity contribution is 7.99. The van der Waals surface area contributed by atoms with Gasteiger partial charge in [-0.1, -0.05) is 90.6 Å². The molecule has 43 heavy (non-hydrogen) atoms. The van der Waals surface area contributed by atoms with Crippen LogP contribution in [0.1, 0.15) is 5.56 Å². The molecule has 6 aromatic rings. The molecule has 2 heterocycles. The summed E-state index contributed by atoms with van der Waals surface area (Å²) in [5.74, 6) is 2.32. The van der Waals surface area contributed by atoms with Crippen molar-refractivity contribution in [2.75, 3.05) is 20.0 Å². The molecule has 0 unspecified atom stereocenters. The van der Waals surface area contributed by atoms with Gasteiger partial charge in [0.25, 0.3) is 10.0 Å². The van der Waals surface area contributed by atoms with Crippen molar-refractivity contribution in [3.8, 4) is 28.6 Å². The molecule has 0 spiro atoms. The Morgan fingerprint density at radius 3 is 2.30 bits per heavy atom. The summed E-state index contributed by atoms with van der Waals surface area (Å²) < 4.78 is 42.1. The quantitative estimate of drug-likeness (QED) is 0.156. The van der Waals surface area contributed by atoms with Gasteiger partial charge in [0.2, 0.25) is 0 Å². The van der Waals surface area contributed by atoms with Gasteiger partial charge in [0.05, 0.1) is 30.3 Å². The summed E-state index contributed by atoms with van der Waals surface area (Å²) in [5, 5.41) is 10.5. The lowest BCUT2D eigenvalue weighted by Gasteiger charge is -2.15. The second kappa shape index (κ2) is 12.2. The lowest BCUT2D eigenvalue weighted by atomic mass is 10.1. The zero-order valence-corrected chi connectivity index (χ0v) is 25.1. The highest BCUT2D eigenvalue weighted by atomic mass is 32.2. The van der Waals surface area contributed by atoms with Crippen molar-refractivity contribution in [2.24, 2.45) is 0 Å². The number of nitrogens with zero attached hydrogens (tertiary/aromatic N) is 4. The molecule has 0 aliphatic heterocycles. The summed E-state index contributed by atoms with van der Waals surface area (Å²) in [6, 6.07) is 31.3. The molecule has 0 aliphatic carbocycles. The van der Waals surface area contributed by atoms with E-state index in [2.05, 4.69) is 22.3 Å². The normalized spacial score (nSPS) is 11.8. The Balaban J connectivity index is 1.51. The van der Waals surface area contributed by atoms with E-state index in [0.717, 1.165) is 10.9 Å². The van der Waals surface area contributed by atoms with Crippen LogP contribution < -0.4 is 9.47 Å². The van der Waals surface area contributed by atoms with Crippen LogP contribution in [-0.2, 0) is 10.0 Å². The number of fused-ring (bicyclic) bond motifs is 1. The molecule has 8 nitrogen and oxygen atoms in total. The van der Waals surface area contributed by atoms with E-state index >= 15 is 0 Å². The molecule has 0 aliphatic rings. The van der Waals surface area contributed by atoms with E-state index in [1.54, 1.807) is 56.8 Å². The molecule has 6 rings (SSSR count). The molecule has 0 fully saturated rings. The minimum absolute atomic E-state index is 0.194. The van der Waals surface area contributed by atoms with E-state index in [-0.39, 0.29) is 4.90 Å². The lowest BCUT2D eigenvalue weighted by molar-refractivity contribution is 0.401. The van der Waals surface area contributed by atoms with E-state index in [9.17, 15) is 8.42 Å². The Kier molecular flexibility index (Phi) is 8.04. The number of methoxy groups -OCH3 is 2. The third kappa shape index (κ3) is 5.54. The zero-order chi connectivity index (χ0) is 29.8. The predicted octanol–water partition coefficient (Wildman–Crippen LogP) is 6.95. The van der Waals surface area contributed by atoms with Crippen molar-refractivity contribution < 1.29 is 17.9 Å². The van der Waals surface area contributed by atoms with Gasteiger partial charge in [0.15, 0.2) is 11.0 Å². The number of benzene rings is 4. The Morgan fingerprint density at radius 2 is 1.56 bits per heavy atom. The first-order valence-corrected chi connectivity index (χ1v) is 15.9. The summed E-state index contributed by atoms with van der Waals surface area (Å²) in [6.45, 7) is 0. The molecule has 2 aromatic heterocycles. The lowest BCUT2D eigenvalue weighted by Crippen LogP contribution is -2.11. The second-order valence-corrected chi connectivity index (χ2v) is 12.3. The third-order valence-corrected chi connectivity index (χ3v) is 9.47. The smallest absolute Gasteiger partial charge is 0.268 e. The molecular formula is C33H28N4O4S2. The van der Waals surface area contributed by atoms with E-state index in [1.165, 1.54) is 15.7 Å². The maximum atomic E-state index is 13.8. The van der Waals surface area contributed by atoms with Gasteiger partial charge in [-0.05, 0) is 35.9 Å². The molecule has 0 atom stereocenters. The van der Waals surface area contributed by atoms with Gasteiger partial charge in [-0.15, -0.1) is 10.2 Å². The maximum Gasteiger partial charge on any atom is 0.268 e. The van der Waals surface area contributed by atoms with E-state index in [1.807, 2.05) is 71.3 Å². The predicted molar refractivity (Wildman–Crippen MR) is 171 cm³/mol. The largest absolute Gasteiger partial charge is 0.497 e. The summed E-state index contributed by atoms with van der Waals surface area (Å²) in [7, 11) is -0.688. The molecule has 4 aromatic carbocycles. The van der Waals surface area contributed by atoms with Crippen molar-refractivity contribution in [1.82, 2.24) is 18.7 Å². The SMILES string of the molecule is COc1ccc(OC)c(-n2c(SC/C=C/c3ccccc3)nnc2-c2cn(S(=O)(=O)c3ccccc3)c3ccccc23)c1. The van der Waals surface area contributed by atoms with Crippen LogP contribution in [0.15, 0.2) is 125 Å². The molecule has 0 saturated carbocycles. The van der Waals surface area contributed by atoms with Crippen LogP contribution in [0.2, 0.25) is 0 Å². The van der Waals surface area contributed by atoms with Crippen molar-refractivity contribution in [2.45, 2.75) is 10.1 Å². The average molecular weight is 609 g/mol. The second-order valence-electron chi connectivity index (χ2n) is 9.48. The zero-order valence-electron chi connectivity index (χ0n) is 23.5. The molecule has 216 valence electrons. The Labute approximate surface area is 254 Å². The highest BCUT2D eigenvalue weighted by Crippen LogP contribution is 2.38. The first-order valence-electron chi connectivity index (χ1n) is 13.4. The molecule has 10 heteroatoms. The van der Waals surface area contributed by atoms with E-state index in [0.29, 0.717) is 45.0 Å². The number of hydrogen-bond acceptors (Lipinski definition) is 7. The van der Waals surface area contributed by atoms with Crippen molar-refractivity contribution >= 4 is 38.8 Å². The molecule has 0 radical (unpaired) electrons. The van der Waals surface area contributed by atoms with Gasteiger partial charge < -0.3 is 9.47 Å². The fourth-order valence-corrected chi connectivity index (χ4v) is 6.98. The van der Waals surface area contributed by atoms with Crippen molar-refractivity contribution in [1.29, 1.82) is 0 Å². The van der Waals surface area contributed by atoms with Crippen LogP contribution in [-0.4, -0.2) is 47.1 Å². The Morgan fingerprint density at radius 1 is 0.837 bits per heavy atom. The monoisotopic (exact) mass is 608 g/mol. The van der Waals surface area contributed by atoms with Gasteiger partial charge >= 0.3 is 0 Å². The van der Waals surface area contributed by atoms with Crippen LogP contribution in [0.5, 0.6) is 11.5 Å². The summed E-state index contributed by atoms with van der Waals surface area (Å²) in [5.41, 5.74) is 2.92. The number of ether oxygens (including phenoxy) is 2. The van der Waals surface area contributed by atoms with Crippen LogP contribution in [0.25, 0.3) is 34.1 Å². The Bertz CT molecular complexity index is 2020. The van der Waals surface area contributed by atoms with E-state index in [4.69, 9.17) is 9.47 Å². The van der Waals surface area contributed by atoms with E-state index < -0.39 is 10.0 Å². The van der Waals surface area contributed by atoms with Gasteiger partial charge in [-0.3, -0.25) is 4.57 Å². The van der Waals surface area contributed by atoms with Crippen LogP contribution in [0, 0.1) is 0 Å². The fraction of sp³-hybridized carbons (Fsp3) is 0.0909. The van der Waals surface area contributed by atoms with Crippen LogP contribution in [0.3, 0.4) is 0 Å². The number of aromatic nitrogens is 4. The Hall–Kier alpha value is -4.80. The standard InChI is InChI=1S/C33H28N4O4S2/c1-40-25-19-20-31(41-2)30(22-25)37-32(34-35-33(37)42-21-11-14-24-12-5-3-6-13-24)28-23-36(29-18-10-9-17-27(28)29)43(38,39)26-15-7-4-8-16-26/h3-20,22-23H,21H2,1-2H3/b14-11+. The number of thioether (sulfide) groups is 1. The minimum atomic E-state index is -3.89. The molecule has 0 bridgehead atoms. The first-order chi connectivity index (χ1) is 21.0.